The first-order valence-electron chi connectivity index (χ1n) is 3.67. The summed E-state index contributed by atoms with van der Waals surface area (Å²) in [4.78, 5) is 0. The molecule has 0 unspecified atom stereocenters. The quantitative estimate of drug-likeness (QED) is 0.519. The average molecular weight is 147 g/mol. The van der Waals surface area contributed by atoms with Gasteiger partial charge in [-0.25, -0.2) is 0 Å². The number of halogens is 1. The minimum absolute atomic E-state index is 1.14. The molecule has 0 aliphatic heterocycles. The van der Waals surface area contributed by atoms with Crippen molar-refractivity contribution in [2.45, 2.75) is 39.0 Å². The first-order valence-corrected chi connectivity index (χ1v) is 4.10. The summed E-state index contributed by atoms with van der Waals surface area (Å²) >= 11 is 5.33. The van der Waals surface area contributed by atoms with Crippen molar-refractivity contribution < 1.29 is 0 Å². The van der Waals surface area contributed by atoms with E-state index >= 15 is 0 Å². The smallest absolute Gasteiger partial charge is 0.000245 e. The van der Waals surface area contributed by atoms with Crippen molar-refractivity contribution in [1.29, 1.82) is 0 Å². The van der Waals surface area contributed by atoms with Gasteiger partial charge in [0.15, 0.2) is 0 Å². The summed E-state index contributed by atoms with van der Waals surface area (Å²) in [7, 11) is 0. The normalized spacial score (nSPS) is 10.9. The van der Waals surface area contributed by atoms with Crippen LogP contribution in [0.5, 0.6) is 0 Å². The Hall–Kier alpha value is 0.0300. The Balaban J connectivity index is 2.75. The lowest BCUT2D eigenvalue weighted by Gasteiger charge is -1.92. The minimum atomic E-state index is 1.14. The second-order valence-electron chi connectivity index (χ2n) is 2.21. The van der Waals surface area contributed by atoms with Crippen LogP contribution in [-0.2, 0) is 0 Å². The van der Waals surface area contributed by atoms with E-state index in [1.165, 1.54) is 25.7 Å². The Morgan fingerprint density at radius 1 is 1.22 bits per heavy atom. The molecule has 0 aromatic rings. The largest absolute Gasteiger partial charge is 0.0933 e. The van der Waals surface area contributed by atoms with Gasteiger partial charge in [-0.2, -0.15) is 0 Å². The topological polar surface area (TPSA) is 0 Å². The van der Waals surface area contributed by atoms with E-state index < -0.39 is 0 Å². The molecule has 0 spiro atoms. The molecule has 0 aliphatic rings. The molecule has 9 heavy (non-hydrogen) atoms. The van der Waals surface area contributed by atoms with E-state index in [1.807, 2.05) is 6.08 Å². The highest BCUT2D eigenvalue weighted by Gasteiger charge is 1.82. The van der Waals surface area contributed by atoms with E-state index in [1.54, 1.807) is 5.54 Å². The van der Waals surface area contributed by atoms with Gasteiger partial charge in [-0.15, -0.1) is 0 Å². The standard InChI is InChI=1S/C8H15Cl/c1-2-3-4-5-6-7-8-9/h7-8H,2-6H2,1H3. The fourth-order valence-electron chi connectivity index (χ4n) is 0.752. The lowest BCUT2D eigenvalue weighted by Crippen LogP contribution is -1.72. The van der Waals surface area contributed by atoms with Crippen molar-refractivity contribution in [3.8, 4) is 0 Å². The van der Waals surface area contributed by atoms with Crippen molar-refractivity contribution in [2.24, 2.45) is 0 Å². The zero-order valence-electron chi connectivity index (χ0n) is 6.07. The van der Waals surface area contributed by atoms with Crippen LogP contribution in [0.2, 0.25) is 0 Å². The summed E-state index contributed by atoms with van der Waals surface area (Å²) in [6.07, 6.45) is 8.45. The van der Waals surface area contributed by atoms with E-state index in [0.717, 1.165) is 6.42 Å². The molecule has 0 bridgehead atoms. The molecule has 0 saturated heterocycles. The number of hydrogen-bond donors (Lipinski definition) is 0. The molecule has 54 valence electrons. The molecule has 0 amide bonds. The second-order valence-corrected chi connectivity index (χ2v) is 2.46. The number of unbranched alkanes of at least 4 members (excludes halogenated alkanes) is 4. The van der Waals surface area contributed by atoms with E-state index in [9.17, 15) is 0 Å². The summed E-state index contributed by atoms with van der Waals surface area (Å²) in [6, 6.07) is 0. The Kier molecular flexibility index (Phi) is 8.06. The first kappa shape index (κ1) is 9.03. The van der Waals surface area contributed by atoms with Gasteiger partial charge in [-0.3, -0.25) is 0 Å². The van der Waals surface area contributed by atoms with Crippen LogP contribution in [0.1, 0.15) is 39.0 Å². The monoisotopic (exact) mass is 146 g/mol. The minimum Gasteiger partial charge on any atom is -0.0933 e. The fourth-order valence-corrected chi connectivity index (χ4v) is 0.878. The van der Waals surface area contributed by atoms with Crippen LogP contribution < -0.4 is 0 Å². The fraction of sp³-hybridized carbons (Fsp3) is 0.750. The number of hydrogen-bond acceptors (Lipinski definition) is 0. The highest BCUT2D eigenvalue weighted by molar-refractivity contribution is 6.25. The molecule has 0 fully saturated rings. The maximum absolute atomic E-state index is 5.33. The van der Waals surface area contributed by atoms with Crippen molar-refractivity contribution >= 4 is 11.6 Å². The maximum Gasteiger partial charge on any atom is 0.000245 e. The van der Waals surface area contributed by atoms with Crippen molar-refractivity contribution in [3.05, 3.63) is 11.6 Å². The van der Waals surface area contributed by atoms with Crippen LogP contribution in [0.25, 0.3) is 0 Å². The number of rotatable bonds is 5. The van der Waals surface area contributed by atoms with Gasteiger partial charge in [-0.05, 0) is 12.8 Å². The van der Waals surface area contributed by atoms with Gasteiger partial charge in [0, 0.05) is 5.54 Å². The summed E-state index contributed by atoms with van der Waals surface area (Å²) in [6.45, 7) is 2.22. The lowest BCUT2D eigenvalue weighted by atomic mass is 10.2. The van der Waals surface area contributed by atoms with Gasteiger partial charge in [0.1, 0.15) is 0 Å². The van der Waals surface area contributed by atoms with Crippen molar-refractivity contribution in [3.63, 3.8) is 0 Å². The third-order valence-electron chi connectivity index (χ3n) is 1.31. The lowest BCUT2D eigenvalue weighted by molar-refractivity contribution is 0.675. The molecule has 0 aromatic carbocycles. The molecular formula is C8H15Cl. The SMILES string of the molecule is CCCCCCC=CCl. The number of allylic oxidation sites excluding steroid dienone is 1. The van der Waals surface area contributed by atoms with Crippen LogP contribution in [-0.4, -0.2) is 0 Å². The third-order valence-corrected chi connectivity index (χ3v) is 1.49. The van der Waals surface area contributed by atoms with Crippen LogP contribution in [0.4, 0.5) is 0 Å². The van der Waals surface area contributed by atoms with E-state index in [4.69, 9.17) is 11.6 Å². The Morgan fingerprint density at radius 2 is 2.00 bits per heavy atom. The Bertz CT molecular complexity index is 67.0. The zero-order chi connectivity index (χ0) is 6.95. The molecule has 0 radical (unpaired) electrons. The molecule has 0 rings (SSSR count). The van der Waals surface area contributed by atoms with Crippen LogP contribution in [0, 0.1) is 0 Å². The summed E-state index contributed by atoms with van der Waals surface area (Å²) < 4.78 is 0. The van der Waals surface area contributed by atoms with E-state index in [-0.39, 0.29) is 0 Å². The van der Waals surface area contributed by atoms with Gasteiger partial charge in [0.05, 0.1) is 0 Å². The molecule has 0 heterocycles. The van der Waals surface area contributed by atoms with Gasteiger partial charge in [0.2, 0.25) is 0 Å². The average Bonchev–Trinajstić information content (AvgIpc) is 1.89. The summed E-state index contributed by atoms with van der Waals surface area (Å²) in [5.74, 6) is 0. The van der Waals surface area contributed by atoms with E-state index in [0.29, 0.717) is 0 Å². The third kappa shape index (κ3) is 8.03. The van der Waals surface area contributed by atoms with Gasteiger partial charge in [0.25, 0.3) is 0 Å². The predicted octanol–water partition coefficient (Wildman–Crippen LogP) is 3.71. The first-order chi connectivity index (χ1) is 4.41. The summed E-state index contributed by atoms with van der Waals surface area (Å²) in [5.41, 5.74) is 1.60. The Morgan fingerprint density at radius 3 is 2.56 bits per heavy atom. The molecule has 1 heteroatoms. The van der Waals surface area contributed by atoms with Crippen molar-refractivity contribution in [1.82, 2.24) is 0 Å². The highest BCUT2D eigenvalue weighted by atomic mass is 35.5. The molecule has 0 aliphatic carbocycles. The van der Waals surface area contributed by atoms with E-state index in [2.05, 4.69) is 6.92 Å². The molecule has 0 N–H and O–H groups in total. The van der Waals surface area contributed by atoms with Crippen molar-refractivity contribution in [2.75, 3.05) is 0 Å². The highest BCUT2D eigenvalue weighted by Crippen LogP contribution is 2.02. The molecule has 0 aromatic heterocycles. The molecule has 0 nitrogen and oxygen atoms in total. The van der Waals surface area contributed by atoms with Gasteiger partial charge >= 0.3 is 0 Å². The molecule has 0 atom stereocenters. The second kappa shape index (κ2) is 8.03. The zero-order valence-corrected chi connectivity index (χ0v) is 6.82. The Labute approximate surface area is 62.9 Å². The van der Waals surface area contributed by atoms with Crippen LogP contribution in [0.3, 0.4) is 0 Å². The maximum atomic E-state index is 5.33. The summed E-state index contributed by atoms with van der Waals surface area (Å²) in [5, 5.41) is 0. The van der Waals surface area contributed by atoms with Crippen LogP contribution >= 0.6 is 11.6 Å². The van der Waals surface area contributed by atoms with Crippen LogP contribution in [0.15, 0.2) is 11.6 Å². The molecule has 0 saturated carbocycles. The van der Waals surface area contributed by atoms with Gasteiger partial charge < -0.3 is 0 Å². The van der Waals surface area contributed by atoms with Gasteiger partial charge in [-0.1, -0.05) is 43.9 Å². The molecular weight excluding hydrogens is 132 g/mol. The predicted molar refractivity (Wildman–Crippen MR) is 43.8 cm³/mol.